The molecule has 3 N–H and O–H groups in total. The van der Waals surface area contributed by atoms with Crippen LogP contribution in [0.3, 0.4) is 0 Å². The van der Waals surface area contributed by atoms with Gasteiger partial charge in [0.2, 0.25) is 15.9 Å². The molecule has 0 saturated carbocycles. The van der Waals surface area contributed by atoms with Crippen molar-refractivity contribution in [3.05, 3.63) is 28.0 Å². The van der Waals surface area contributed by atoms with Crippen LogP contribution < -0.4 is 15.6 Å². The predicted molar refractivity (Wildman–Crippen MR) is 81.4 cm³/mol. The van der Waals surface area contributed by atoms with Crippen LogP contribution in [0.2, 0.25) is 10.3 Å². The zero-order valence-electron chi connectivity index (χ0n) is 11.5. The van der Waals surface area contributed by atoms with Crippen molar-refractivity contribution in [3.63, 3.8) is 0 Å². The molecular formula is C11H16Cl2N4O3S. The van der Waals surface area contributed by atoms with Crippen LogP contribution in [-0.2, 0) is 14.8 Å². The molecule has 0 aliphatic carbocycles. The van der Waals surface area contributed by atoms with Crippen LogP contribution in [0.25, 0.3) is 0 Å². The Kier molecular flexibility index (Phi) is 6.82. The topological polar surface area (TPSA) is 100 Å². The van der Waals surface area contributed by atoms with Crippen LogP contribution in [0.1, 0.15) is 24.8 Å². The summed E-state index contributed by atoms with van der Waals surface area (Å²) in [5.41, 5.74) is 2.88. The lowest BCUT2D eigenvalue weighted by Crippen LogP contribution is -2.44. The summed E-state index contributed by atoms with van der Waals surface area (Å²) in [5, 5.41) is 2.94. The van der Waals surface area contributed by atoms with Crippen molar-refractivity contribution in [1.29, 1.82) is 0 Å². The number of hydrazine groups is 1. The molecule has 0 aliphatic rings. The van der Waals surface area contributed by atoms with Gasteiger partial charge in [-0.1, -0.05) is 30.1 Å². The first-order valence-electron chi connectivity index (χ1n) is 5.99. The molecule has 0 radical (unpaired) electrons. The molecule has 1 unspecified atom stereocenters. The average molecular weight is 355 g/mol. The Hall–Kier alpha value is -0.930. The van der Waals surface area contributed by atoms with Crippen LogP contribution in [0.4, 0.5) is 0 Å². The first kappa shape index (κ1) is 18.1. The normalized spacial score (nSPS) is 13.0. The molecule has 1 aromatic rings. The molecule has 21 heavy (non-hydrogen) atoms. The number of sulfonamides is 1. The highest BCUT2D eigenvalue weighted by molar-refractivity contribution is 7.89. The summed E-state index contributed by atoms with van der Waals surface area (Å²) in [6.07, 6.45) is 0.0682. The summed E-state index contributed by atoms with van der Waals surface area (Å²) in [5.74, 6) is -0.957. The van der Waals surface area contributed by atoms with Gasteiger partial charge in [0.05, 0.1) is 0 Å². The van der Waals surface area contributed by atoms with Crippen molar-refractivity contribution in [3.8, 4) is 0 Å². The lowest BCUT2D eigenvalue weighted by Gasteiger charge is -2.13. The van der Waals surface area contributed by atoms with Crippen LogP contribution in [0.5, 0.6) is 0 Å². The number of carbonyl (C=O) groups excluding carboxylic acids is 1. The Balaban J connectivity index is 2.58. The van der Waals surface area contributed by atoms with Gasteiger partial charge in [0.15, 0.2) is 0 Å². The smallest absolute Gasteiger partial charge is 0.241 e. The number of aromatic nitrogens is 1. The molecule has 0 fully saturated rings. The number of nitrogens with one attached hydrogen (secondary N) is 3. The van der Waals surface area contributed by atoms with Crippen LogP contribution >= 0.6 is 23.2 Å². The number of amides is 1. The zero-order valence-corrected chi connectivity index (χ0v) is 13.8. The van der Waals surface area contributed by atoms with E-state index >= 15 is 0 Å². The molecule has 7 nitrogen and oxygen atoms in total. The van der Waals surface area contributed by atoms with Crippen molar-refractivity contribution in [2.45, 2.75) is 19.3 Å². The minimum Gasteiger partial charge on any atom is -0.306 e. The molecule has 0 aliphatic heterocycles. The van der Waals surface area contributed by atoms with Crippen LogP contribution in [-0.4, -0.2) is 32.2 Å². The maximum absolute atomic E-state index is 11.7. The number of hydrogen-bond donors (Lipinski definition) is 3. The lowest BCUT2D eigenvalue weighted by molar-refractivity contribution is -0.121. The summed E-state index contributed by atoms with van der Waals surface area (Å²) in [7, 11) is -2.10. The van der Waals surface area contributed by atoms with E-state index in [-0.39, 0.29) is 28.5 Å². The summed E-state index contributed by atoms with van der Waals surface area (Å²) < 4.78 is 22.7. The van der Waals surface area contributed by atoms with E-state index in [2.05, 4.69) is 15.7 Å². The molecule has 118 valence electrons. The zero-order chi connectivity index (χ0) is 16.0. The maximum Gasteiger partial charge on any atom is 0.241 e. The van der Waals surface area contributed by atoms with E-state index in [0.29, 0.717) is 0 Å². The van der Waals surface area contributed by atoms with Crippen molar-refractivity contribution in [1.82, 2.24) is 20.6 Å². The fourth-order valence-electron chi connectivity index (χ4n) is 1.58. The Labute approximate surface area is 133 Å². The molecule has 1 aromatic heterocycles. The maximum atomic E-state index is 11.7. The number of pyridine rings is 1. The third-order valence-corrected chi connectivity index (χ3v) is 4.00. The lowest BCUT2D eigenvalue weighted by atomic mass is 9.99. The SMILES string of the molecule is CNCS(=O)(=O)NNC(=O)CC(C)c1cc(Cl)nc(Cl)c1. The summed E-state index contributed by atoms with van der Waals surface area (Å²) in [6.45, 7) is 1.80. The van der Waals surface area contributed by atoms with E-state index in [1.54, 1.807) is 19.1 Å². The number of rotatable bonds is 7. The quantitative estimate of drug-likeness (QED) is 0.501. The second-order valence-corrected chi connectivity index (χ2v) is 6.91. The Morgan fingerprint density at radius 1 is 1.33 bits per heavy atom. The molecular weight excluding hydrogens is 339 g/mol. The van der Waals surface area contributed by atoms with Gasteiger partial charge in [0.25, 0.3) is 0 Å². The third kappa shape index (κ3) is 6.58. The monoisotopic (exact) mass is 354 g/mol. The Bertz CT molecular complexity index is 589. The van der Waals surface area contributed by atoms with E-state index in [9.17, 15) is 13.2 Å². The molecule has 10 heteroatoms. The highest BCUT2D eigenvalue weighted by atomic mass is 35.5. The molecule has 0 bridgehead atoms. The molecule has 0 spiro atoms. The highest BCUT2D eigenvalue weighted by Crippen LogP contribution is 2.24. The van der Waals surface area contributed by atoms with Crippen LogP contribution in [0, 0.1) is 0 Å². The fraction of sp³-hybridized carbons (Fsp3) is 0.455. The van der Waals surface area contributed by atoms with Gasteiger partial charge < -0.3 is 5.32 Å². The first-order chi connectivity index (χ1) is 9.73. The van der Waals surface area contributed by atoms with Gasteiger partial charge >= 0.3 is 0 Å². The average Bonchev–Trinajstić information content (AvgIpc) is 2.35. The second-order valence-electron chi connectivity index (χ2n) is 4.41. The molecule has 1 atom stereocenters. The van der Waals surface area contributed by atoms with Crippen molar-refractivity contribution >= 4 is 39.1 Å². The minimum atomic E-state index is -3.59. The van der Waals surface area contributed by atoms with Gasteiger partial charge in [-0.2, -0.15) is 0 Å². The molecule has 1 rings (SSSR count). The minimum absolute atomic E-state index is 0.0682. The van der Waals surface area contributed by atoms with E-state index < -0.39 is 15.9 Å². The molecule has 0 saturated heterocycles. The molecule has 1 heterocycles. The fourth-order valence-corrected chi connectivity index (χ4v) is 2.77. The number of carbonyl (C=O) groups is 1. The Morgan fingerprint density at radius 3 is 2.43 bits per heavy atom. The van der Waals surface area contributed by atoms with Crippen molar-refractivity contribution < 1.29 is 13.2 Å². The van der Waals surface area contributed by atoms with Gasteiger partial charge in [-0.05, 0) is 30.7 Å². The van der Waals surface area contributed by atoms with Gasteiger partial charge in [-0.25, -0.2) is 13.4 Å². The summed E-state index contributed by atoms with van der Waals surface area (Å²) in [4.78, 5) is 17.5. The van der Waals surface area contributed by atoms with E-state index in [1.165, 1.54) is 7.05 Å². The van der Waals surface area contributed by atoms with Gasteiger partial charge in [0, 0.05) is 6.42 Å². The van der Waals surface area contributed by atoms with Gasteiger partial charge in [-0.15, -0.1) is 4.83 Å². The first-order valence-corrected chi connectivity index (χ1v) is 8.40. The third-order valence-electron chi connectivity index (χ3n) is 2.53. The van der Waals surface area contributed by atoms with E-state index in [1.807, 2.05) is 4.83 Å². The van der Waals surface area contributed by atoms with Gasteiger partial charge in [-0.3, -0.25) is 10.2 Å². The predicted octanol–water partition coefficient (Wildman–Crippen LogP) is 1.01. The Morgan fingerprint density at radius 2 is 1.90 bits per heavy atom. The molecule has 1 amide bonds. The number of halogens is 2. The van der Waals surface area contributed by atoms with E-state index in [0.717, 1.165) is 5.56 Å². The van der Waals surface area contributed by atoms with Gasteiger partial charge in [0.1, 0.15) is 16.2 Å². The highest BCUT2D eigenvalue weighted by Gasteiger charge is 2.15. The van der Waals surface area contributed by atoms with E-state index in [4.69, 9.17) is 23.2 Å². The van der Waals surface area contributed by atoms with Crippen molar-refractivity contribution in [2.24, 2.45) is 0 Å². The number of hydrogen-bond acceptors (Lipinski definition) is 5. The second kappa shape index (κ2) is 7.90. The largest absolute Gasteiger partial charge is 0.306 e. The summed E-state index contributed by atoms with van der Waals surface area (Å²) >= 11 is 11.6. The summed E-state index contributed by atoms with van der Waals surface area (Å²) in [6, 6.07) is 3.22. The molecule has 0 aromatic carbocycles. The van der Waals surface area contributed by atoms with Crippen molar-refractivity contribution in [2.75, 3.05) is 12.9 Å². The number of nitrogens with zero attached hydrogens (tertiary/aromatic N) is 1. The van der Waals surface area contributed by atoms with Crippen LogP contribution in [0.15, 0.2) is 12.1 Å². The standard InChI is InChI=1S/C11H16Cl2N4O3S/c1-7(8-4-9(12)15-10(13)5-8)3-11(18)16-17-21(19,20)6-14-2/h4-5,7,14,17H,3,6H2,1-2H3,(H,16,18).